The van der Waals surface area contributed by atoms with Crippen molar-refractivity contribution in [3.8, 4) is 0 Å². The second-order valence-corrected chi connectivity index (χ2v) is 9.81. The maximum absolute atomic E-state index is 3.47. The first-order valence-electron chi connectivity index (χ1n) is 12.4. The van der Waals surface area contributed by atoms with Crippen LogP contribution in [0.25, 0.3) is 21.5 Å². The Morgan fingerprint density at radius 2 is 0.941 bits per heavy atom. The predicted molar refractivity (Wildman–Crippen MR) is 144 cm³/mol. The molecular formula is C32H28N2. The summed E-state index contributed by atoms with van der Waals surface area (Å²) in [6, 6.07) is 31.4. The summed E-state index contributed by atoms with van der Waals surface area (Å²) in [7, 11) is 0. The first kappa shape index (κ1) is 19.7. The first-order valence-corrected chi connectivity index (χ1v) is 12.4. The Bertz CT molecular complexity index is 1450. The fourth-order valence-electron chi connectivity index (χ4n) is 5.83. The van der Waals surface area contributed by atoms with Crippen LogP contribution in [0.2, 0.25) is 0 Å². The van der Waals surface area contributed by atoms with Crippen LogP contribution >= 0.6 is 0 Å². The second kappa shape index (κ2) is 7.92. The fraction of sp³-hybridized carbons (Fsp3) is 0.188. The fourth-order valence-corrected chi connectivity index (χ4v) is 5.83. The standard InChI is InChI=1S/C16H15N.C16H13N/c2*1-2-4-12-8-15-10-16-13(5-6-17-16)9-14(15)7-11(12)3-1/h1-4,9-10,17H,5-8H2;1-4,7-10,17H,5-6H2. The average Bonchev–Trinajstić information content (AvgIpc) is 3.52. The summed E-state index contributed by atoms with van der Waals surface area (Å²) in [4.78, 5) is 0. The molecule has 5 aromatic carbocycles. The third-order valence-corrected chi connectivity index (χ3v) is 7.65. The molecule has 0 unspecified atom stereocenters. The summed E-state index contributed by atoms with van der Waals surface area (Å²) in [6.07, 6.45) is 4.54. The Hall–Kier alpha value is -3.78. The molecule has 0 saturated carbocycles. The summed E-state index contributed by atoms with van der Waals surface area (Å²) in [6.45, 7) is 2.18. The molecule has 8 rings (SSSR count). The number of fused-ring (bicyclic) bond motifs is 6. The summed E-state index contributed by atoms with van der Waals surface area (Å²) < 4.78 is 0. The zero-order valence-electron chi connectivity index (χ0n) is 19.3. The van der Waals surface area contributed by atoms with Crippen LogP contribution in [0.1, 0.15) is 33.4 Å². The van der Waals surface area contributed by atoms with E-state index in [4.69, 9.17) is 0 Å². The van der Waals surface area contributed by atoms with Gasteiger partial charge in [0.25, 0.3) is 0 Å². The monoisotopic (exact) mass is 440 g/mol. The van der Waals surface area contributed by atoms with E-state index in [0.717, 1.165) is 32.4 Å². The highest BCUT2D eigenvalue weighted by Gasteiger charge is 2.19. The Balaban J connectivity index is 0.000000118. The molecule has 2 nitrogen and oxygen atoms in total. The topological polar surface area (TPSA) is 24.1 Å². The van der Waals surface area contributed by atoms with Gasteiger partial charge in [-0.1, -0.05) is 54.6 Å². The van der Waals surface area contributed by atoms with Crippen molar-refractivity contribution >= 4 is 32.9 Å². The van der Waals surface area contributed by atoms with E-state index in [0.29, 0.717) is 0 Å². The molecule has 166 valence electrons. The van der Waals surface area contributed by atoms with Gasteiger partial charge in [-0.3, -0.25) is 0 Å². The molecule has 1 aliphatic carbocycles. The van der Waals surface area contributed by atoms with Crippen LogP contribution in [0, 0.1) is 0 Å². The molecule has 0 fully saturated rings. The smallest absolute Gasteiger partial charge is 0.0379 e. The highest BCUT2D eigenvalue weighted by molar-refractivity contribution is 6.00. The van der Waals surface area contributed by atoms with E-state index < -0.39 is 0 Å². The molecule has 2 aliphatic heterocycles. The largest absolute Gasteiger partial charge is 0.384 e. The molecule has 0 atom stereocenters. The van der Waals surface area contributed by atoms with E-state index in [1.54, 1.807) is 0 Å². The Kier molecular flexibility index (Phi) is 4.58. The Labute approximate surface area is 200 Å². The van der Waals surface area contributed by atoms with Crippen LogP contribution in [0.15, 0.2) is 84.9 Å². The maximum atomic E-state index is 3.47. The highest BCUT2D eigenvalue weighted by Crippen LogP contribution is 2.33. The van der Waals surface area contributed by atoms with E-state index in [2.05, 4.69) is 95.6 Å². The third-order valence-electron chi connectivity index (χ3n) is 7.65. The van der Waals surface area contributed by atoms with Gasteiger partial charge in [-0.2, -0.15) is 0 Å². The van der Waals surface area contributed by atoms with E-state index in [-0.39, 0.29) is 0 Å². The highest BCUT2D eigenvalue weighted by atomic mass is 14.9. The van der Waals surface area contributed by atoms with Gasteiger partial charge < -0.3 is 10.6 Å². The summed E-state index contributed by atoms with van der Waals surface area (Å²) >= 11 is 0. The van der Waals surface area contributed by atoms with Gasteiger partial charge in [0.05, 0.1) is 0 Å². The Morgan fingerprint density at radius 1 is 0.412 bits per heavy atom. The van der Waals surface area contributed by atoms with Crippen molar-refractivity contribution in [3.05, 3.63) is 118 Å². The van der Waals surface area contributed by atoms with Crippen LogP contribution in [-0.4, -0.2) is 13.1 Å². The number of nitrogens with one attached hydrogen (secondary N) is 2. The van der Waals surface area contributed by atoms with Crippen LogP contribution < -0.4 is 10.6 Å². The number of hydrogen-bond donors (Lipinski definition) is 2. The number of rotatable bonds is 0. The van der Waals surface area contributed by atoms with Gasteiger partial charge in [0.2, 0.25) is 0 Å². The van der Waals surface area contributed by atoms with E-state index >= 15 is 0 Å². The normalized spacial score (nSPS) is 14.8. The third kappa shape index (κ3) is 3.42. The quantitative estimate of drug-likeness (QED) is 0.246. The van der Waals surface area contributed by atoms with Crippen LogP contribution in [0.4, 0.5) is 11.4 Å². The molecule has 2 heterocycles. The second-order valence-electron chi connectivity index (χ2n) is 9.81. The molecule has 0 saturated heterocycles. The maximum Gasteiger partial charge on any atom is 0.0379 e. The van der Waals surface area contributed by atoms with Gasteiger partial charge in [0, 0.05) is 24.5 Å². The van der Waals surface area contributed by atoms with Crippen LogP contribution in [0.3, 0.4) is 0 Å². The van der Waals surface area contributed by atoms with Crippen LogP contribution in [0.5, 0.6) is 0 Å². The number of benzene rings is 5. The summed E-state index contributed by atoms with van der Waals surface area (Å²) in [5, 5.41) is 12.2. The van der Waals surface area contributed by atoms with Gasteiger partial charge in [0.15, 0.2) is 0 Å². The van der Waals surface area contributed by atoms with Gasteiger partial charge in [-0.25, -0.2) is 0 Å². The van der Waals surface area contributed by atoms with Crippen molar-refractivity contribution in [2.45, 2.75) is 25.7 Å². The molecule has 0 radical (unpaired) electrons. The number of hydrogen-bond acceptors (Lipinski definition) is 2. The lowest BCUT2D eigenvalue weighted by Gasteiger charge is -2.20. The SMILES string of the molecule is c1ccc2c(c1)Cc1cc3c(cc1C2)NCC3.c1ccc2cc3cc4c(cc3cc2c1)CCN4. The zero-order chi connectivity index (χ0) is 22.5. The molecular weight excluding hydrogens is 412 g/mol. The lowest BCUT2D eigenvalue weighted by atomic mass is 9.85. The molecule has 34 heavy (non-hydrogen) atoms. The summed E-state index contributed by atoms with van der Waals surface area (Å²) in [5.74, 6) is 0. The first-order chi connectivity index (χ1) is 16.8. The van der Waals surface area contributed by atoms with Gasteiger partial charge in [-0.15, -0.1) is 0 Å². The summed E-state index contributed by atoms with van der Waals surface area (Å²) in [5.41, 5.74) is 11.7. The van der Waals surface area contributed by atoms with E-state index in [9.17, 15) is 0 Å². The Morgan fingerprint density at radius 3 is 1.62 bits per heavy atom. The van der Waals surface area contributed by atoms with E-state index in [1.807, 2.05) is 0 Å². The van der Waals surface area contributed by atoms with Gasteiger partial charge in [0.1, 0.15) is 0 Å². The molecule has 0 aromatic heterocycles. The molecule has 3 aliphatic rings. The minimum absolute atomic E-state index is 1.07. The van der Waals surface area contributed by atoms with Crippen molar-refractivity contribution < 1.29 is 0 Å². The van der Waals surface area contributed by atoms with Crippen LogP contribution in [-0.2, 0) is 25.7 Å². The molecule has 0 spiro atoms. The van der Waals surface area contributed by atoms with Gasteiger partial charge >= 0.3 is 0 Å². The lowest BCUT2D eigenvalue weighted by Crippen LogP contribution is -2.07. The minimum atomic E-state index is 1.07. The number of anilines is 2. The van der Waals surface area contributed by atoms with Crippen molar-refractivity contribution in [3.63, 3.8) is 0 Å². The van der Waals surface area contributed by atoms with Crippen molar-refractivity contribution in [1.82, 2.24) is 0 Å². The van der Waals surface area contributed by atoms with Crippen molar-refractivity contribution in [1.29, 1.82) is 0 Å². The molecule has 0 bridgehead atoms. The minimum Gasteiger partial charge on any atom is -0.384 e. The van der Waals surface area contributed by atoms with Crippen molar-refractivity contribution in [2.75, 3.05) is 23.7 Å². The molecule has 5 aromatic rings. The van der Waals surface area contributed by atoms with E-state index in [1.165, 1.54) is 72.7 Å². The molecule has 0 amide bonds. The predicted octanol–water partition coefficient (Wildman–Crippen LogP) is 7.11. The zero-order valence-corrected chi connectivity index (χ0v) is 19.3. The average molecular weight is 441 g/mol. The van der Waals surface area contributed by atoms with Crippen molar-refractivity contribution in [2.24, 2.45) is 0 Å². The molecule has 2 heteroatoms. The molecule has 2 N–H and O–H groups in total. The van der Waals surface area contributed by atoms with Gasteiger partial charge in [-0.05, 0) is 111 Å². The lowest BCUT2D eigenvalue weighted by molar-refractivity contribution is 0.995.